The number of anilines is 1. The number of thiazole rings is 1. The van der Waals surface area contributed by atoms with Crippen molar-refractivity contribution in [2.75, 3.05) is 72.3 Å². The number of unbranched alkanes of at least 4 members (excludes halogenated alkanes) is 1. The smallest absolute Gasteiger partial charge is 0.415 e. The summed E-state index contributed by atoms with van der Waals surface area (Å²) < 4.78 is 17.6. The van der Waals surface area contributed by atoms with Gasteiger partial charge in [0, 0.05) is 76.5 Å². The van der Waals surface area contributed by atoms with Crippen molar-refractivity contribution in [3.63, 3.8) is 0 Å². The van der Waals surface area contributed by atoms with E-state index in [2.05, 4.69) is 47.4 Å². The van der Waals surface area contributed by atoms with Gasteiger partial charge in [0.1, 0.15) is 41.2 Å². The molecule has 0 fully saturated rings. The van der Waals surface area contributed by atoms with Gasteiger partial charge in [-0.15, -0.1) is 11.3 Å². The minimum atomic E-state index is -1.02. The van der Waals surface area contributed by atoms with Crippen LogP contribution < -0.4 is 42.8 Å². The number of nitrogens with two attached hydrogens (primary N) is 2. The Morgan fingerprint density at radius 3 is 1.96 bits per heavy atom. The first-order chi connectivity index (χ1) is 43.1. The largest absolute Gasteiger partial charge is 0.481 e. The molecule has 91 heavy (non-hydrogen) atoms. The Hall–Kier alpha value is -7.42. The van der Waals surface area contributed by atoms with E-state index in [9.17, 15) is 48.3 Å². The van der Waals surface area contributed by atoms with E-state index in [1.165, 1.54) is 35.2 Å². The molecular weight excluding hydrogens is 1190 g/mol. The van der Waals surface area contributed by atoms with Crippen LogP contribution in [0, 0.1) is 23.7 Å². The number of carboxylic acids is 1. The van der Waals surface area contributed by atoms with Gasteiger partial charge in [0.25, 0.3) is 5.91 Å². The second kappa shape index (κ2) is 40.4. The van der Waals surface area contributed by atoms with E-state index in [1.54, 1.807) is 74.7 Å². The van der Waals surface area contributed by atoms with Gasteiger partial charge in [0.2, 0.25) is 23.6 Å². The third kappa shape index (κ3) is 27.5. The van der Waals surface area contributed by atoms with Gasteiger partial charge < -0.3 is 72.1 Å². The minimum Gasteiger partial charge on any atom is -0.481 e. The van der Waals surface area contributed by atoms with Gasteiger partial charge in [-0.2, -0.15) is 0 Å². The number of hydrogen-bond acceptors (Lipinski definition) is 16. The third-order valence-corrected chi connectivity index (χ3v) is 16.6. The summed E-state index contributed by atoms with van der Waals surface area (Å²) in [6.07, 6.45) is 3.47. The third-order valence-electron chi connectivity index (χ3n) is 15.6. The highest BCUT2D eigenvalue weighted by Gasteiger charge is 2.37. The average Bonchev–Trinajstić information content (AvgIpc) is 1.97. The second-order valence-electron chi connectivity index (χ2n) is 24.2. The van der Waals surface area contributed by atoms with Crippen molar-refractivity contribution in [2.45, 2.75) is 176 Å². The number of hydrogen-bond donors (Lipinski definition) is 8. The van der Waals surface area contributed by atoms with Gasteiger partial charge in [-0.05, 0) is 112 Å². The standard InChI is InChI=1S/C65H104N12O13S/c1-14-18-31-74(11)38-54(78)73-56(43(9)17-4)61(82)77(30-15-2)52(41(5)6)37-53(88-34-16-3)60-72-51(40-91-60)58(80)70-48(35-44(10)62(83)84)36-45-23-27-49(28-24-45)90-65(87)76(13)33-32-75(12)64(86)89-39-46-21-25-47(26-22-46)69-57(79)50(20-19-29-68-63(67)85)71-59(81)55(66)42(7)8/h21-28,40-44,48,50,52-53,55-56H,14-20,29-39,66H2,1-13H3,(H,69,79)(H,70,80)(H,71,81)(H,73,78)(H,83,84)(H3,67,68,85)/t43-,44-,48+,50+,52+,53+,55+,56-/m0/s1. The molecule has 10 N–H and O–H groups in total. The highest BCUT2D eigenvalue weighted by molar-refractivity contribution is 7.09. The van der Waals surface area contributed by atoms with Crippen molar-refractivity contribution in [1.29, 1.82) is 0 Å². The molecule has 2 aromatic carbocycles. The van der Waals surface area contributed by atoms with E-state index >= 15 is 0 Å². The monoisotopic (exact) mass is 1290 g/mol. The van der Waals surface area contributed by atoms with E-state index in [4.69, 9.17) is 30.7 Å². The van der Waals surface area contributed by atoms with Gasteiger partial charge in [-0.25, -0.2) is 19.4 Å². The van der Waals surface area contributed by atoms with Gasteiger partial charge >= 0.3 is 24.2 Å². The molecule has 1 heterocycles. The Morgan fingerprint density at radius 2 is 1.37 bits per heavy atom. The lowest BCUT2D eigenvalue weighted by Crippen LogP contribution is -2.56. The number of urea groups is 1. The number of primary amides is 1. The van der Waals surface area contributed by atoms with Crippen LogP contribution in [0.4, 0.5) is 20.1 Å². The summed E-state index contributed by atoms with van der Waals surface area (Å²) in [5.74, 6) is -3.70. The summed E-state index contributed by atoms with van der Waals surface area (Å²) in [5, 5.41) is 26.2. The van der Waals surface area contributed by atoms with E-state index in [0.717, 1.165) is 31.4 Å². The average molecular weight is 1290 g/mol. The van der Waals surface area contributed by atoms with Crippen molar-refractivity contribution in [2.24, 2.45) is 35.1 Å². The number of nitrogens with zero attached hydrogens (tertiary/aromatic N) is 5. The van der Waals surface area contributed by atoms with Crippen molar-refractivity contribution >= 4 is 70.7 Å². The molecule has 0 saturated carbocycles. The highest BCUT2D eigenvalue weighted by Crippen LogP contribution is 2.32. The van der Waals surface area contributed by atoms with Crippen LogP contribution in [0.3, 0.4) is 0 Å². The Labute approximate surface area is 542 Å². The number of ether oxygens (including phenoxy) is 3. The molecule has 1 aromatic heterocycles. The van der Waals surface area contributed by atoms with E-state index in [0.29, 0.717) is 55.1 Å². The number of benzene rings is 2. The number of nitrogens with one attached hydrogen (secondary N) is 5. The minimum absolute atomic E-state index is 0.00530. The molecule has 0 saturated heterocycles. The van der Waals surface area contributed by atoms with Crippen LogP contribution in [0.1, 0.15) is 160 Å². The molecule has 8 atom stereocenters. The lowest BCUT2D eigenvalue weighted by molar-refractivity contribution is -0.142. The maximum absolute atomic E-state index is 14.7. The van der Waals surface area contributed by atoms with Crippen LogP contribution in [-0.2, 0) is 46.5 Å². The van der Waals surface area contributed by atoms with Crippen LogP contribution in [0.25, 0.3) is 0 Å². The number of carboxylic acid groups (broad SMARTS) is 1. The van der Waals surface area contributed by atoms with E-state index < -0.39 is 78.1 Å². The number of likely N-dealkylation sites (N-methyl/N-ethyl adjacent to an activating group) is 3. The molecule has 0 unspecified atom stereocenters. The van der Waals surface area contributed by atoms with Crippen molar-refractivity contribution in [3.8, 4) is 5.75 Å². The summed E-state index contributed by atoms with van der Waals surface area (Å²) in [6.45, 7) is 21.6. The molecule has 26 heteroatoms. The quantitative estimate of drug-likeness (QED) is 0.0254. The topological polar surface area (TPSA) is 340 Å². The van der Waals surface area contributed by atoms with Gasteiger partial charge in [0.05, 0.1) is 18.5 Å². The van der Waals surface area contributed by atoms with Gasteiger partial charge in [-0.3, -0.25) is 33.7 Å². The van der Waals surface area contributed by atoms with Crippen molar-refractivity contribution in [3.05, 3.63) is 75.7 Å². The first kappa shape index (κ1) is 77.8. The number of carbonyl (C=O) groups excluding carboxylic acids is 8. The Kier molecular flexibility index (Phi) is 34.6. The van der Waals surface area contributed by atoms with Crippen LogP contribution in [0.5, 0.6) is 5.75 Å². The van der Waals surface area contributed by atoms with Crippen molar-refractivity contribution < 1.29 is 62.5 Å². The summed E-state index contributed by atoms with van der Waals surface area (Å²) in [6, 6.07) is 9.06. The highest BCUT2D eigenvalue weighted by atomic mass is 32.1. The van der Waals surface area contributed by atoms with E-state index in [1.807, 2.05) is 44.5 Å². The number of carbonyl (C=O) groups is 9. The maximum Gasteiger partial charge on any atom is 0.415 e. The molecule has 0 aliphatic heterocycles. The number of aromatic nitrogens is 1. The molecule has 9 amide bonds. The zero-order valence-electron chi connectivity index (χ0n) is 55.8. The first-order valence-electron chi connectivity index (χ1n) is 31.9. The van der Waals surface area contributed by atoms with Gasteiger partial charge in [-0.1, -0.05) is 106 Å². The van der Waals surface area contributed by atoms with Gasteiger partial charge in [0.15, 0.2) is 0 Å². The lowest BCUT2D eigenvalue weighted by Gasteiger charge is -2.39. The van der Waals surface area contributed by atoms with Crippen molar-refractivity contribution in [1.82, 2.24) is 45.9 Å². The first-order valence-corrected chi connectivity index (χ1v) is 32.8. The number of amides is 9. The second-order valence-corrected chi connectivity index (χ2v) is 25.1. The zero-order chi connectivity index (χ0) is 67.9. The Balaban J connectivity index is 1.64. The zero-order valence-corrected chi connectivity index (χ0v) is 56.7. The molecule has 508 valence electrons. The van der Waals surface area contributed by atoms with Crippen LogP contribution in [0.15, 0.2) is 53.9 Å². The molecule has 0 bridgehead atoms. The predicted molar refractivity (Wildman–Crippen MR) is 351 cm³/mol. The van der Waals surface area contributed by atoms with Crippen LogP contribution in [0.2, 0.25) is 0 Å². The molecule has 3 aromatic rings. The lowest BCUT2D eigenvalue weighted by atomic mass is 9.92. The Bertz CT molecular complexity index is 2770. The molecule has 3 rings (SSSR count). The number of aliphatic carboxylic acids is 1. The summed E-state index contributed by atoms with van der Waals surface area (Å²) in [7, 11) is 4.95. The molecule has 0 aliphatic rings. The normalized spacial score (nSPS) is 14.0. The molecule has 0 radical (unpaired) electrons. The summed E-state index contributed by atoms with van der Waals surface area (Å²) in [5.41, 5.74) is 13.1. The fraction of sp³-hybridized carbons (Fsp3) is 0.631. The Morgan fingerprint density at radius 1 is 0.725 bits per heavy atom. The fourth-order valence-electron chi connectivity index (χ4n) is 9.68. The molecular formula is C65H104N12O13S. The van der Waals surface area contributed by atoms with Crippen LogP contribution >= 0.6 is 11.3 Å². The summed E-state index contributed by atoms with van der Waals surface area (Å²) >= 11 is 1.28. The van der Waals surface area contributed by atoms with Crippen LogP contribution in [-0.4, -0.2) is 181 Å². The SMILES string of the molecule is CCCCN(C)CC(=O)N[C@H](C(=O)N(CCC)[C@H](C[C@@H](OCCC)c1nc(C(=O)N[C@@H](Cc2ccc(OC(=O)N(C)CCN(C)C(=O)OCc3ccc(NC(=O)[C@@H](CCCNC(N)=O)NC(=O)[C@H](N)C(C)C)cc3)cc2)C[C@H](C)C(=O)O)cs1)C(C)C)[C@@H](C)CC. The number of rotatable bonds is 41. The fourth-order valence-corrected chi connectivity index (χ4v) is 10.5. The summed E-state index contributed by atoms with van der Waals surface area (Å²) in [4.78, 5) is 129. The molecule has 0 aliphatic carbocycles. The maximum atomic E-state index is 14.7. The molecule has 25 nitrogen and oxygen atoms in total. The predicted octanol–water partition coefficient (Wildman–Crippen LogP) is 7.53. The molecule has 0 spiro atoms. The van der Waals surface area contributed by atoms with E-state index in [-0.39, 0.29) is 99.1 Å².